The summed E-state index contributed by atoms with van der Waals surface area (Å²) in [6, 6.07) is 2.69. The fraction of sp³-hybridized carbons (Fsp3) is 0.182. The highest BCUT2D eigenvalue weighted by Crippen LogP contribution is 2.39. The van der Waals surface area contributed by atoms with Crippen LogP contribution in [0.25, 0.3) is 10.9 Å². The third kappa shape index (κ3) is 2.88. The highest BCUT2D eigenvalue weighted by Gasteiger charge is 2.40. The average Bonchev–Trinajstić information content (AvgIpc) is 2.66. The molecule has 0 aliphatic rings. The molecule has 0 atom stereocenters. The van der Waals surface area contributed by atoms with Crippen LogP contribution in [0.4, 0.5) is 26.3 Å². The number of rotatable bonds is 2. The number of aromatic amines is 1. The lowest BCUT2D eigenvalue weighted by atomic mass is 10.1. The Bertz CT molecular complexity index is 700. The summed E-state index contributed by atoms with van der Waals surface area (Å²) in [7, 11) is 0. The highest BCUT2D eigenvalue weighted by atomic mass is 19.4. The molecule has 114 valence electrons. The lowest BCUT2D eigenvalue weighted by Gasteiger charge is -2.09. The van der Waals surface area contributed by atoms with E-state index in [1.165, 1.54) is 0 Å². The molecular formula is C11H5F6NO3. The van der Waals surface area contributed by atoms with E-state index in [9.17, 15) is 31.1 Å². The molecule has 2 rings (SSSR count). The zero-order valence-electron chi connectivity index (χ0n) is 9.76. The molecule has 1 heterocycles. The van der Waals surface area contributed by atoms with Crippen LogP contribution in [0.5, 0.6) is 5.75 Å². The van der Waals surface area contributed by atoms with E-state index in [0.717, 1.165) is 18.2 Å². The molecule has 2 N–H and O–H groups in total. The molecule has 1 aromatic carbocycles. The number of fused-ring (bicyclic) bond motifs is 1. The van der Waals surface area contributed by atoms with Crippen LogP contribution in [0.1, 0.15) is 16.1 Å². The summed E-state index contributed by atoms with van der Waals surface area (Å²) in [6.07, 6.45) is -10.2. The van der Waals surface area contributed by atoms with Gasteiger partial charge in [-0.15, -0.1) is 13.2 Å². The van der Waals surface area contributed by atoms with Gasteiger partial charge in [0.15, 0.2) is 5.75 Å². The number of ether oxygens (including phenoxy) is 1. The van der Waals surface area contributed by atoms with Gasteiger partial charge in [0.05, 0.1) is 11.1 Å². The lowest BCUT2D eigenvalue weighted by molar-refractivity contribution is -0.274. The van der Waals surface area contributed by atoms with Crippen LogP contribution in [0.15, 0.2) is 18.2 Å². The van der Waals surface area contributed by atoms with Crippen molar-refractivity contribution in [1.29, 1.82) is 0 Å². The van der Waals surface area contributed by atoms with Crippen molar-refractivity contribution in [3.63, 3.8) is 0 Å². The van der Waals surface area contributed by atoms with Gasteiger partial charge in [-0.05, 0) is 6.07 Å². The predicted molar refractivity (Wildman–Crippen MR) is 56.9 cm³/mol. The lowest BCUT2D eigenvalue weighted by Crippen LogP contribution is -2.17. The van der Waals surface area contributed by atoms with Crippen molar-refractivity contribution < 1.29 is 41.0 Å². The van der Waals surface area contributed by atoms with E-state index in [2.05, 4.69) is 4.74 Å². The van der Waals surface area contributed by atoms with Gasteiger partial charge in [-0.1, -0.05) is 12.1 Å². The fourth-order valence-corrected chi connectivity index (χ4v) is 1.84. The van der Waals surface area contributed by atoms with Crippen LogP contribution < -0.4 is 4.74 Å². The molecule has 0 bridgehead atoms. The number of hydrogen-bond acceptors (Lipinski definition) is 2. The molecular weight excluding hydrogens is 308 g/mol. The second-order valence-electron chi connectivity index (χ2n) is 3.90. The Morgan fingerprint density at radius 3 is 2.24 bits per heavy atom. The molecule has 0 unspecified atom stereocenters. The van der Waals surface area contributed by atoms with Crippen LogP contribution in [-0.4, -0.2) is 22.4 Å². The number of carboxylic acids is 1. The number of aromatic carboxylic acids is 1. The maximum atomic E-state index is 12.8. The van der Waals surface area contributed by atoms with Crippen LogP contribution in [0.3, 0.4) is 0 Å². The van der Waals surface area contributed by atoms with Crippen LogP contribution in [0, 0.1) is 0 Å². The summed E-state index contributed by atoms with van der Waals surface area (Å²) in [5.74, 6) is -2.87. The smallest absolute Gasteiger partial charge is 0.478 e. The third-order valence-corrected chi connectivity index (χ3v) is 2.52. The highest BCUT2D eigenvalue weighted by molar-refractivity contribution is 6.06. The third-order valence-electron chi connectivity index (χ3n) is 2.52. The van der Waals surface area contributed by atoms with Crippen molar-refractivity contribution in [2.45, 2.75) is 12.5 Å². The monoisotopic (exact) mass is 313 g/mol. The number of alkyl halides is 6. The number of nitrogens with one attached hydrogen (secondary N) is 1. The molecule has 2 aromatic rings. The summed E-state index contributed by atoms with van der Waals surface area (Å²) in [6.45, 7) is 0. The predicted octanol–water partition coefficient (Wildman–Crippen LogP) is 3.78. The van der Waals surface area contributed by atoms with Crippen molar-refractivity contribution in [3.05, 3.63) is 29.5 Å². The molecule has 0 amide bonds. The minimum absolute atomic E-state index is 0.531. The summed E-state index contributed by atoms with van der Waals surface area (Å²) in [5.41, 5.74) is -3.51. The average molecular weight is 313 g/mol. The quantitative estimate of drug-likeness (QED) is 0.829. The summed E-state index contributed by atoms with van der Waals surface area (Å²) >= 11 is 0. The standard InChI is InChI=1S/C11H5F6NO3/c12-10(13,14)8-6(9(19)20)4-2-1-3-5(7(4)18-8)21-11(15,16)17/h1-3,18H,(H,19,20). The van der Waals surface area contributed by atoms with Crippen molar-refractivity contribution in [3.8, 4) is 5.75 Å². The largest absolute Gasteiger partial charge is 0.573 e. The molecule has 0 spiro atoms. The van der Waals surface area contributed by atoms with E-state index in [-0.39, 0.29) is 0 Å². The Morgan fingerprint density at radius 1 is 1.14 bits per heavy atom. The van der Waals surface area contributed by atoms with E-state index in [0.29, 0.717) is 0 Å². The van der Waals surface area contributed by atoms with Crippen LogP contribution in [-0.2, 0) is 6.18 Å². The van der Waals surface area contributed by atoms with Gasteiger partial charge < -0.3 is 14.8 Å². The second kappa shape index (κ2) is 4.57. The van der Waals surface area contributed by atoms with Gasteiger partial charge >= 0.3 is 18.5 Å². The Balaban J connectivity index is 2.76. The maximum absolute atomic E-state index is 12.8. The zero-order valence-corrected chi connectivity index (χ0v) is 9.76. The first-order valence-corrected chi connectivity index (χ1v) is 5.21. The number of halogens is 6. The topological polar surface area (TPSA) is 62.3 Å². The maximum Gasteiger partial charge on any atom is 0.573 e. The second-order valence-corrected chi connectivity index (χ2v) is 3.90. The summed E-state index contributed by atoms with van der Waals surface area (Å²) < 4.78 is 78.4. The van der Waals surface area contributed by atoms with Gasteiger partial charge in [-0.2, -0.15) is 13.2 Å². The van der Waals surface area contributed by atoms with Crippen LogP contribution in [0.2, 0.25) is 0 Å². The molecule has 0 saturated heterocycles. The Kier molecular flexibility index (Phi) is 3.27. The van der Waals surface area contributed by atoms with Gasteiger partial charge in [0.25, 0.3) is 0 Å². The van der Waals surface area contributed by atoms with Gasteiger partial charge in [-0.3, -0.25) is 0 Å². The van der Waals surface area contributed by atoms with Gasteiger partial charge in [0, 0.05) is 5.39 Å². The number of H-pyrrole nitrogens is 1. The molecule has 10 heteroatoms. The number of benzene rings is 1. The number of carbonyl (C=O) groups is 1. The first-order valence-electron chi connectivity index (χ1n) is 5.21. The molecule has 0 radical (unpaired) electrons. The Labute approximate surface area is 111 Å². The molecule has 0 aliphatic heterocycles. The first kappa shape index (κ1) is 15.0. The molecule has 1 aromatic heterocycles. The van der Waals surface area contributed by atoms with E-state index >= 15 is 0 Å². The minimum Gasteiger partial charge on any atom is -0.478 e. The normalized spacial score (nSPS) is 12.7. The van der Waals surface area contributed by atoms with Crippen molar-refractivity contribution in [1.82, 2.24) is 4.98 Å². The summed E-state index contributed by atoms with van der Waals surface area (Å²) in [5, 5.41) is 8.33. The fourth-order valence-electron chi connectivity index (χ4n) is 1.84. The van der Waals surface area contributed by atoms with Gasteiger partial charge in [0.2, 0.25) is 0 Å². The Morgan fingerprint density at radius 2 is 1.76 bits per heavy atom. The van der Waals surface area contributed by atoms with E-state index in [1.807, 2.05) is 0 Å². The molecule has 4 nitrogen and oxygen atoms in total. The first-order chi connectivity index (χ1) is 9.50. The van der Waals surface area contributed by atoms with Gasteiger partial charge in [0.1, 0.15) is 5.69 Å². The molecule has 0 aliphatic carbocycles. The van der Waals surface area contributed by atoms with Crippen molar-refractivity contribution in [2.75, 3.05) is 0 Å². The van der Waals surface area contributed by atoms with Crippen molar-refractivity contribution >= 4 is 16.9 Å². The van der Waals surface area contributed by atoms with Crippen LogP contribution >= 0.6 is 0 Å². The molecule has 21 heavy (non-hydrogen) atoms. The Hall–Kier alpha value is -2.39. The number of para-hydroxylation sites is 1. The van der Waals surface area contributed by atoms with E-state index < -0.39 is 46.4 Å². The van der Waals surface area contributed by atoms with Crippen molar-refractivity contribution in [2.24, 2.45) is 0 Å². The number of hydrogen-bond donors (Lipinski definition) is 2. The summed E-state index contributed by atoms with van der Waals surface area (Å²) in [4.78, 5) is 12.6. The van der Waals surface area contributed by atoms with E-state index in [4.69, 9.17) is 5.11 Å². The van der Waals surface area contributed by atoms with Gasteiger partial charge in [-0.25, -0.2) is 4.79 Å². The van der Waals surface area contributed by atoms with E-state index in [1.54, 1.807) is 4.98 Å². The number of aromatic nitrogens is 1. The number of carboxylic acid groups (broad SMARTS) is 1. The minimum atomic E-state index is -5.12. The molecule has 0 saturated carbocycles. The molecule has 0 fully saturated rings. The zero-order chi connectivity index (χ0) is 16.0. The SMILES string of the molecule is O=C(O)c1c(C(F)(F)F)[nH]c2c(OC(F)(F)F)cccc12.